The van der Waals surface area contributed by atoms with E-state index in [4.69, 9.17) is 30.5 Å². The van der Waals surface area contributed by atoms with Crippen molar-refractivity contribution < 1.29 is 33.6 Å². The Bertz CT molecular complexity index is 335. The summed E-state index contributed by atoms with van der Waals surface area (Å²) in [5.74, 6) is -1.25. The van der Waals surface area contributed by atoms with Crippen LogP contribution in [0.4, 0.5) is 0 Å². The summed E-state index contributed by atoms with van der Waals surface area (Å²) in [5, 5.41) is 10.0. The number of aliphatic hydroxyl groups is 1. The first kappa shape index (κ1) is 16.2. The summed E-state index contributed by atoms with van der Waals surface area (Å²) in [5.41, 5.74) is 0. The number of esters is 2. The van der Waals surface area contributed by atoms with Crippen LogP contribution >= 0.6 is 11.6 Å². The lowest BCUT2D eigenvalue weighted by molar-refractivity contribution is -0.291. The van der Waals surface area contributed by atoms with Gasteiger partial charge in [-0.15, -0.1) is 11.6 Å². The minimum absolute atomic E-state index is 0.0222. The molecule has 110 valence electrons. The fourth-order valence-corrected chi connectivity index (χ4v) is 2.11. The number of carbonyl (C=O) groups is 2. The van der Waals surface area contributed by atoms with Crippen molar-refractivity contribution in [3.05, 3.63) is 0 Å². The molecule has 1 aliphatic heterocycles. The van der Waals surface area contributed by atoms with E-state index < -0.39 is 42.6 Å². The lowest BCUT2D eigenvalue weighted by Crippen LogP contribution is -2.61. The van der Waals surface area contributed by atoms with Crippen LogP contribution in [0.2, 0.25) is 0 Å². The average molecular weight is 297 g/mol. The molecule has 0 saturated carbocycles. The molecule has 1 aliphatic rings. The van der Waals surface area contributed by atoms with Gasteiger partial charge in [0.25, 0.3) is 0 Å². The van der Waals surface area contributed by atoms with Crippen LogP contribution in [0.25, 0.3) is 0 Å². The molecule has 0 aromatic carbocycles. The van der Waals surface area contributed by atoms with E-state index in [-0.39, 0.29) is 5.88 Å². The summed E-state index contributed by atoms with van der Waals surface area (Å²) < 4.78 is 20.4. The van der Waals surface area contributed by atoms with Gasteiger partial charge in [0, 0.05) is 21.0 Å². The first-order valence-corrected chi connectivity index (χ1v) is 6.20. The van der Waals surface area contributed by atoms with E-state index in [1.54, 1.807) is 0 Å². The van der Waals surface area contributed by atoms with E-state index in [1.165, 1.54) is 21.0 Å². The van der Waals surface area contributed by atoms with Gasteiger partial charge in [0.2, 0.25) is 0 Å². The van der Waals surface area contributed by atoms with E-state index in [9.17, 15) is 14.7 Å². The van der Waals surface area contributed by atoms with Crippen LogP contribution in [0.15, 0.2) is 0 Å². The van der Waals surface area contributed by atoms with Gasteiger partial charge in [0.15, 0.2) is 18.5 Å². The molecule has 1 saturated heterocycles. The number of methoxy groups -OCH3 is 1. The maximum absolute atomic E-state index is 11.1. The van der Waals surface area contributed by atoms with Crippen LogP contribution in [0.3, 0.4) is 0 Å². The number of aliphatic hydroxyl groups excluding tert-OH is 1. The lowest BCUT2D eigenvalue weighted by atomic mass is 9.99. The van der Waals surface area contributed by atoms with Crippen molar-refractivity contribution >= 4 is 23.5 Å². The lowest BCUT2D eigenvalue weighted by Gasteiger charge is -2.42. The van der Waals surface area contributed by atoms with Gasteiger partial charge in [-0.2, -0.15) is 0 Å². The Balaban J connectivity index is 2.96. The van der Waals surface area contributed by atoms with E-state index in [2.05, 4.69) is 0 Å². The molecule has 0 radical (unpaired) electrons. The van der Waals surface area contributed by atoms with Crippen molar-refractivity contribution in [1.29, 1.82) is 0 Å². The number of alkyl halides is 1. The molecule has 0 spiro atoms. The maximum atomic E-state index is 11.1. The van der Waals surface area contributed by atoms with Crippen LogP contribution in [-0.2, 0) is 28.5 Å². The van der Waals surface area contributed by atoms with Crippen molar-refractivity contribution in [2.45, 2.75) is 44.6 Å². The van der Waals surface area contributed by atoms with Crippen LogP contribution in [0, 0.1) is 0 Å². The van der Waals surface area contributed by atoms with Crippen LogP contribution < -0.4 is 0 Å². The zero-order valence-corrected chi connectivity index (χ0v) is 11.6. The second-order valence-corrected chi connectivity index (χ2v) is 4.38. The third kappa shape index (κ3) is 4.04. The van der Waals surface area contributed by atoms with Crippen molar-refractivity contribution in [2.24, 2.45) is 0 Å². The third-order valence-electron chi connectivity index (χ3n) is 2.61. The van der Waals surface area contributed by atoms with Gasteiger partial charge in [0.1, 0.15) is 12.2 Å². The van der Waals surface area contributed by atoms with Crippen LogP contribution in [0.1, 0.15) is 13.8 Å². The fraction of sp³-hybridized carbons (Fsp3) is 0.818. The van der Waals surface area contributed by atoms with Crippen LogP contribution in [-0.4, -0.2) is 60.7 Å². The van der Waals surface area contributed by atoms with Crippen LogP contribution in [0.5, 0.6) is 0 Å². The van der Waals surface area contributed by atoms with E-state index >= 15 is 0 Å². The monoisotopic (exact) mass is 296 g/mol. The Labute approximate surface area is 115 Å². The molecule has 1 heterocycles. The molecule has 0 unspecified atom stereocenters. The Morgan fingerprint density at radius 2 is 1.74 bits per heavy atom. The molecule has 0 amide bonds. The van der Waals surface area contributed by atoms with Gasteiger partial charge in [-0.05, 0) is 0 Å². The SMILES string of the molecule is CO[C@H]1O[C@H](CCl)[C@@H](O)[C@H](OC(C)=O)[C@@H]1OC(C)=O. The van der Waals surface area contributed by atoms with Gasteiger partial charge in [-0.25, -0.2) is 0 Å². The zero-order chi connectivity index (χ0) is 14.6. The summed E-state index contributed by atoms with van der Waals surface area (Å²) in [6.45, 7) is 2.38. The number of hydrogen-bond acceptors (Lipinski definition) is 7. The van der Waals surface area contributed by atoms with Gasteiger partial charge < -0.3 is 24.1 Å². The molecular formula is C11H17ClO7. The largest absolute Gasteiger partial charge is 0.455 e. The highest BCUT2D eigenvalue weighted by Crippen LogP contribution is 2.27. The molecule has 0 bridgehead atoms. The smallest absolute Gasteiger partial charge is 0.303 e. The molecule has 0 aromatic rings. The van der Waals surface area contributed by atoms with Crippen molar-refractivity contribution in [3.63, 3.8) is 0 Å². The second-order valence-electron chi connectivity index (χ2n) is 4.07. The topological polar surface area (TPSA) is 91.3 Å². The fourth-order valence-electron chi connectivity index (χ4n) is 1.85. The van der Waals surface area contributed by atoms with Gasteiger partial charge >= 0.3 is 11.9 Å². The maximum Gasteiger partial charge on any atom is 0.303 e. The first-order chi connectivity index (χ1) is 8.90. The molecule has 0 aromatic heterocycles. The molecule has 1 rings (SSSR count). The summed E-state index contributed by atoms with van der Waals surface area (Å²) >= 11 is 5.66. The summed E-state index contributed by atoms with van der Waals surface area (Å²) in [7, 11) is 1.34. The quantitative estimate of drug-likeness (QED) is 0.568. The molecule has 8 heteroatoms. The number of halogens is 1. The zero-order valence-electron chi connectivity index (χ0n) is 10.9. The highest BCUT2D eigenvalue weighted by Gasteiger charge is 2.49. The molecule has 5 atom stereocenters. The van der Waals surface area contributed by atoms with Crippen molar-refractivity contribution in [1.82, 2.24) is 0 Å². The third-order valence-corrected chi connectivity index (χ3v) is 2.91. The molecule has 1 fully saturated rings. The van der Waals surface area contributed by atoms with Gasteiger partial charge in [-0.1, -0.05) is 0 Å². The minimum atomic E-state index is -1.21. The first-order valence-electron chi connectivity index (χ1n) is 5.67. The summed E-state index contributed by atoms with van der Waals surface area (Å²) in [4.78, 5) is 22.2. The van der Waals surface area contributed by atoms with E-state index in [0.29, 0.717) is 0 Å². The molecule has 19 heavy (non-hydrogen) atoms. The Kier molecular flexibility index (Phi) is 5.99. The molecule has 0 aliphatic carbocycles. The van der Waals surface area contributed by atoms with Crippen molar-refractivity contribution in [2.75, 3.05) is 13.0 Å². The van der Waals surface area contributed by atoms with Gasteiger partial charge in [0.05, 0.1) is 5.88 Å². The molecule has 7 nitrogen and oxygen atoms in total. The normalized spacial score (nSPS) is 34.7. The average Bonchev–Trinajstić information content (AvgIpc) is 2.33. The number of rotatable bonds is 4. The molecular weight excluding hydrogens is 280 g/mol. The number of carbonyl (C=O) groups excluding carboxylic acids is 2. The Hall–Kier alpha value is -0.890. The van der Waals surface area contributed by atoms with Crippen molar-refractivity contribution in [3.8, 4) is 0 Å². The highest BCUT2D eigenvalue weighted by molar-refractivity contribution is 6.18. The minimum Gasteiger partial charge on any atom is -0.455 e. The summed E-state index contributed by atoms with van der Waals surface area (Å²) in [6.07, 6.45) is -5.12. The molecule has 1 N–H and O–H groups in total. The highest BCUT2D eigenvalue weighted by atomic mass is 35.5. The predicted octanol–water partition coefficient (Wildman–Crippen LogP) is -0.179. The summed E-state index contributed by atoms with van der Waals surface area (Å²) in [6, 6.07) is 0. The Morgan fingerprint density at radius 1 is 1.21 bits per heavy atom. The van der Waals surface area contributed by atoms with Gasteiger partial charge in [-0.3, -0.25) is 9.59 Å². The Morgan fingerprint density at radius 3 is 2.16 bits per heavy atom. The predicted molar refractivity (Wildman–Crippen MR) is 63.5 cm³/mol. The van der Waals surface area contributed by atoms with E-state index in [1.807, 2.05) is 0 Å². The second kappa shape index (κ2) is 7.04. The van der Waals surface area contributed by atoms with E-state index in [0.717, 1.165) is 0 Å². The standard InChI is InChI=1S/C11H17ClO7/c1-5(13)17-9-8(15)7(4-12)19-11(16-3)10(9)18-6(2)14/h7-11,15H,4H2,1-3H3/t7-,8-,9+,10+,11+/m1/s1. The number of ether oxygens (including phenoxy) is 4. The number of hydrogen-bond donors (Lipinski definition) is 1.